The van der Waals surface area contributed by atoms with Crippen LogP contribution in [0.4, 0.5) is 10.8 Å². The smallest absolute Gasteiger partial charge is 0.308 e. The van der Waals surface area contributed by atoms with E-state index in [-0.39, 0.29) is 38.3 Å². The maximum atomic E-state index is 13.4. The first kappa shape index (κ1) is 29.5. The third kappa shape index (κ3) is 6.98. The average molecular weight is 613 g/mol. The third-order valence-corrected chi connectivity index (χ3v) is 9.88. The van der Waals surface area contributed by atoms with Crippen LogP contribution in [0.25, 0.3) is 10.4 Å². The number of nitrogens with one attached hydrogen (secondary N) is 2. The van der Waals surface area contributed by atoms with Gasteiger partial charge in [-0.15, -0.1) is 0 Å². The fraction of sp³-hybridized carbons (Fsp3) is 0.407. The Kier molecular flexibility index (Phi) is 9.64. The van der Waals surface area contributed by atoms with Gasteiger partial charge in [-0.1, -0.05) is 40.6 Å². The Bertz CT molecular complexity index is 1420. The zero-order valence-corrected chi connectivity index (χ0v) is 25.1. The molecule has 2 aromatic carbocycles. The molecule has 12 heteroatoms. The van der Waals surface area contributed by atoms with Crippen LogP contribution in [-0.2, 0) is 19.6 Å². The Labute approximate surface area is 243 Å². The molecule has 0 radical (unpaired) electrons. The first-order chi connectivity index (χ1) is 18.6. The molecule has 1 heterocycles. The second kappa shape index (κ2) is 12.8. The summed E-state index contributed by atoms with van der Waals surface area (Å²) in [6, 6.07) is 9.73. The Hall–Kier alpha value is -2.53. The van der Waals surface area contributed by atoms with Crippen LogP contribution in [0.15, 0.2) is 41.3 Å². The number of hydrogen-bond donors (Lipinski definition) is 2. The van der Waals surface area contributed by atoms with E-state index in [2.05, 4.69) is 15.0 Å². The Balaban J connectivity index is 1.49. The van der Waals surface area contributed by atoms with E-state index in [0.29, 0.717) is 18.1 Å². The van der Waals surface area contributed by atoms with Crippen LogP contribution in [0.5, 0.6) is 5.75 Å². The lowest BCUT2D eigenvalue weighted by Gasteiger charge is -2.27. The lowest BCUT2D eigenvalue weighted by atomic mass is 9.82. The molecule has 0 aliphatic heterocycles. The van der Waals surface area contributed by atoms with Crippen molar-refractivity contribution >= 4 is 61.4 Å². The van der Waals surface area contributed by atoms with Crippen molar-refractivity contribution in [3.63, 3.8) is 0 Å². The van der Waals surface area contributed by atoms with Crippen molar-refractivity contribution in [2.24, 2.45) is 11.8 Å². The normalized spacial score (nSPS) is 17.5. The van der Waals surface area contributed by atoms with Crippen molar-refractivity contribution in [3.8, 4) is 16.2 Å². The molecule has 1 saturated carbocycles. The molecule has 0 unspecified atom stereocenters. The predicted octanol–water partition coefficient (Wildman–Crippen LogP) is 7.02. The molecule has 210 valence electrons. The summed E-state index contributed by atoms with van der Waals surface area (Å²) in [5.74, 6) is 0.547. The Morgan fingerprint density at radius 3 is 2.46 bits per heavy atom. The Morgan fingerprint density at radius 1 is 1.13 bits per heavy atom. The highest BCUT2D eigenvalue weighted by Gasteiger charge is 2.28. The minimum Gasteiger partial charge on any atom is -0.495 e. The van der Waals surface area contributed by atoms with E-state index in [1.807, 2.05) is 13.8 Å². The molecule has 0 amide bonds. The average Bonchev–Trinajstić information content (AvgIpc) is 3.30. The standard InChI is InChI=1S/C27H31Cl2N3O5S2/c1-4-37-26(33)18-10-8-17(9-11-18)15-30-27-31-16(2)25(38-27)19-12-13-22(36-3)23(14-19)39(34,35)32-24-20(28)6-5-7-21(24)29/h5-7,12-14,17-18,32H,4,8-11,15H2,1-3H3,(H,30,31)/t17-,18-. The molecule has 2 N–H and O–H groups in total. The van der Waals surface area contributed by atoms with Crippen LogP contribution in [0.2, 0.25) is 10.0 Å². The van der Waals surface area contributed by atoms with Gasteiger partial charge in [0.05, 0.1) is 45.9 Å². The number of aryl methyl sites for hydroxylation is 1. The molecule has 39 heavy (non-hydrogen) atoms. The van der Waals surface area contributed by atoms with Gasteiger partial charge in [-0.25, -0.2) is 13.4 Å². The number of aromatic nitrogens is 1. The van der Waals surface area contributed by atoms with Crippen molar-refractivity contribution in [2.75, 3.05) is 30.3 Å². The van der Waals surface area contributed by atoms with E-state index >= 15 is 0 Å². The summed E-state index contributed by atoms with van der Waals surface area (Å²) in [5.41, 5.74) is 1.58. The van der Waals surface area contributed by atoms with Gasteiger partial charge in [0.25, 0.3) is 10.0 Å². The number of ether oxygens (including phenoxy) is 2. The molecular weight excluding hydrogens is 581 g/mol. The van der Waals surface area contributed by atoms with Gasteiger partial charge in [0.1, 0.15) is 10.6 Å². The minimum absolute atomic E-state index is 0.00103. The number of carbonyl (C=O) groups is 1. The zero-order chi connectivity index (χ0) is 28.2. The number of methoxy groups -OCH3 is 1. The lowest BCUT2D eigenvalue weighted by molar-refractivity contribution is -0.149. The molecule has 0 spiro atoms. The fourth-order valence-electron chi connectivity index (χ4n) is 4.65. The second-order valence-corrected chi connectivity index (χ2v) is 12.8. The first-order valence-electron chi connectivity index (χ1n) is 12.7. The maximum absolute atomic E-state index is 13.4. The molecule has 1 fully saturated rings. The molecule has 0 atom stereocenters. The number of para-hydroxylation sites is 1. The molecule has 0 bridgehead atoms. The van der Waals surface area contributed by atoms with E-state index < -0.39 is 10.0 Å². The molecule has 4 rings (SSSR count). The molecule has 1 aliphatic carbocycles. The lowest BCUT2D eigenvalue weighted by Crippen LogP contribution is -2.26. The van der Waals surface area contributed by atoms with Crippen LogP contribution >= 0.6 is 34.5 Å². The molecule has 1 aromatic heterocycles. The number of hydrogen-bond acceptors (Lipinski definition) is 8. The van der Waals surface area contributed by atoms with Gasteiger partial charge in [-0.3, -0.25) is 9.52 Å². The molecule has 0 saturated heterocycles. The highest BCUT2D eigenvalue weighted by Crippen LogP contribution is 2.39. The number of esters is 1. The predicted molar refractivity (Wildman–Crippen MR) is 157 cm³/mol. The number of carbonyl (C=O) groups excluding carboxylic acids is 1. The summed E-state index contributed by atoms with van der Waals surface area (Å²) in [4.78, 5) is 17.5. The van der Waals surface area contributed by atoms with Gasteiger partial charge in [-0.2, -0.15) is 0 Å². The van der Waals surface area contributed by atoms with E-state index in [0.717, 1.165) is 47.9 Å². The number of halogens is 2. The SMILES string of the molecule is CCOC(=O)[C@H]1CC[C@H](CNc2nc(C)c(-c3ccc(OC)c(S(=O)(=O)Nc4c(Cl)cccc4Cl)c3)s2)CC1. The number of thiazole rings is 1. The van der Waals surface area contributed by atoms with Crippen LogP contribution in [0.3, 0.4) is 0 Å². The summed E-state index contributed by atoms with van der Waals surface area (Å²) in [7, 11) is -2.67. The topological polar surface area (TPSA) is 107 Å². The van der Waals surface area contributed by atoms with Crippen molar-refractivity contribution in [2.45, 2.75) is 44.4 Å². The van der Waals surface area contributed by atoms with Gasteiger partial charge < -0.3 is 14.8 Å². The Morgan fingerprint density at radius 2 is 1.82 bits per heavy atom. The molecule has 3 aromatic rings. The van der Waals surface area contributed by atoms with Gasteiger partial charge in [0, 0.05) is 6.54 Å². The number of benzene rings is 2. The van der Waals surface area contributed by atoms with Crippen molar-refractivity contribution in [3.05, 3.63) is 52.1 Å². The number of anilines is 2. The number of rotatable bonds is 10. The first-order valence-corrected chi connectivity index (χ1v) is 15.7. The summed E-state index contributed by atoms with van der Waals surface area (Å²) in [6.07, 6.45) is 3.58. The van der Waals surface area contributed by atoms with Gasteiger partial charge >= 0.3 is 5.97 Å². The van der Waals surface area contributed by atoms with Crippen LogP contribution < -0.4 is 14.8 Å². The highest BCUT2D eigenvalue weighted by molar-refractivity contribution is 7.92. The zero-order valence-electron chi connectivity index (χ0n) is 21.9. The quantitative estimate of drug-likeness (QED) is 0.237. The molecular formula is C27H31Cl2N3O5S2. The third-order valence-electron chi connectivity index (χ3n) is 6.72. The largest absolute Gasteiger partial charge is 0.495 e. The van der Waals surface area contributed by atoms with E-state index in [1.165, 1.54) is 18.4 Å². The monoisotopic (exact) mass is 611 g/mol. The number of nitrogens with zero attached hydrogens (tertiary/aromatic N) is 1. The second-order valence-electron chi connectivity index (χ2n) is 9.35. The van der Waals surface area contributed by atoms with Crippen molar-refractivity contribution in [1.29, 1.82) is 0 Å². The maximum Gasteiger partial charge on any atom is 0.308 e. The fourth-order valence-corrected chi connectivity index (χ4v) is 7.52. The summed E-state index contributed by atoms with van der Waals surface area (Å²) in [6.45, 7) is 4.89. The minimum atomic E-state index is -4.09. The summed E-state index contributed by atoms with van der Waals surface area (Å²) >= 11 is 13.8. The van der Waals surface area contributed by atoms with Crippen molar-refractivity contribution in [1.82, 2.24) is 4.98 Å². The van der Waals surface area contributed by atoms with Crippen LogP contribution in [0, 0.1) is 18.8 Å². The van der Waals surface area contributed by atoms with E-state index in [9.17, 15) is 13.2 Å². The van der Waals surface area contributed by atoms with E-state index in [1.54, 1.807) is 36.4 Å². The molecule has 8 nitrogen and oxygen atoms in total. The summed E-state index contributed by atoms with van der Waals surface area (Å²) < 4.78 is 39.8. The van der Waals surface area contributed by atoms with E-state index in [4.69, 9.17) is 32.7 Å². The van der Waals surface area contributed by atoms with Crippen LogP contribution in [0.1, 0.15) is 38.3 Å². The van der Waals surface area contributed by atoms with Crippen molar-refractivity contribution < 1.29 is 22.7 Å². The highest BCUT2D eigenvalue weighted by atomic mass is 35.5. The van der Waals surface area contributed by atoms with Gasteiger partial charge in [-0.05, 0) is 81.3 Å². The number of sulfonamides is 1. The van der Waals surface area contributed by atoms with Gasteiger partial charge in [0.2, 0.25) is 0 Å². The van der Waals surface area contributed by atoms with Crippen LogP contribution in [-0.4, -0.2) is 39.6 Å². The summed E-state index contributed by atoms with van der Waals surface area (Å²) in [5, 5.41) is 4.56. The van der Waals surface area contributed by atoms with Gasteiger partial charge in [0.15, 0.2) is 5.13 Å². The molecule has 1 aliphatic rings.